The lowest BCUT2D eigenvalue weighted by Crippen LogP contribution is -2.28. The number of rotatable bonds is 8. The van der Waals surface area contributed by atoms with Crippen LogP contribution in [0.2, 0.25) is 0 Å². The second-order valence-electron chi connectivity index (χ2n) is 8.27. The Morgan fingerprint density at radius 1 is 1.09 bits per heavy atom. The molecule has 35 heavy (non-hydrogen) atoms. The lowest BCUT2D eigenvalue weighted by molar-refractivity contribution is 0.310. The first-order chi connectivity index (χ1) is 16.6. The van der Waals surface area contributed by atoms with Crippen molar-refractivity contribution in [3.05, 3.63) is 64.2 Å². The van der Waals surface area contributed by atoms with E-state index in [1.807, 2.05) is 20.8 Å². The molecule has 3 aromatic heterocycles. The van der Waals surface area contributed by atoms with E-state index in [0.717, 1.165) is 28.8 Å². The van der Waals surface area contributed by atoms with E-state index in [-0.39, 0.29) is 5.75 Å². The molecule has 0 radical (unpaired) electrons. The maximum absolute atomic E-state index is 13.1. The molecule has 0 aliphatic heterocycles. The van der Waals surface area contributed by atoms with Crippen LogP contribution in [0.3, 0.4) is 0 Å². The van der Waals surface area contributed by atoms with Crippen molar-refractivity contribution >= 4 is 21.0 Å². The summed E-state index contributed by atoms with van der Waals surface area (Å²) in [5, 5.41) is 0. The van der Waals surface area contributed by atoms with E-state index in [0.29, 0.717) is 34.8 Å². The molecule has 10 nitrogen and oxygen atoms in total. The number of aromatic nitrogens is 5. The Bertz CT molecular complexity index is 1540. The lowest BCUT2D eigenvalue weighted by Gasteiger charge is -2.20. The fourth-order valence-electron chi connectivity index (χ4n) is 4.23. The van der Waals surface area contributed by atoms with E-state index in [1.54, 1.807) is 30.5 Å². The minimum absolute atomic E-state index is 0.300. The van der Waals surface area contributed by atoms with Gasteiger partial charge in [-0.25, -0.2) is 28.2 Å². The summed E-state index contributed by atoms with van der Waals surface area (Å²) in [5.41, 5.74) is 4.10. The number of nitrogens with zero attached hydrogens (tertiary/aromatic N) is 4. The van der Waals surface area contributed by atoms with Gasteiger partial charge in [0.2, 0.25) is 0 Å². The van der Waals surface area contributed by atoms with Crippen LogP contribution < -0.4 is 15.2 Å². The molecular formula is C24H27N5O5S. The molecule has 0 amide bonds. The molecule has 3 heterocycles. The third-order valence-electron chi connectivity index (χ3n) is 5.71. The van der Waals surface area contributed by atoms with Gasteiger partial charge in [-0.05, 0) is 44.5 Å². The second-order valence-corrected chi connectivity index (χ2v) is 10.5. The Labute approximate surface area is 202 Å². The Morgan fingerprint density at radius 3 is 2.43 bits per heavy atom. The van der Waals surface area contributed by atoms with Crippen molar-refractivity contribution in [2.24, 2.45) is 0 Å². The second kappa shape index (κ2) is 9.49. The third-order valence-corrected chi connectivity index (χ3v) is 6.64. The molecule has 4 rings (SSSR count). The highest BCUT2D eigenvalue weighted by Crippen LogP contribution is 2.33. The van der Waals surface area contributed by atoms with Crippen LogP contribution in [-0.2, 0) is 9.84 Å². The topological polar surface area (TPSA) is 129 Å². The van der Waals surface area contributed by atoms with Gasteiger partial charge in [0, 0.05) is 35.0 Å². The zero-order valence-corrected chi connectivity index (χ0v) is 21.0. The van der Waals surface area contributed by atoms with E-state index in [4.69, 9.17) is 9.47 Å². The molecule has 11 heteroatoms. The largest absolute Gasteiger partial charge is 0.493 e. The Balaban J connectivity index is 1.90. The van der Waals surface area contributed by atoms with E-state index in [1.165, 1.54) is 18.0 Å². The van der Waals surface area contributed by atoms with Crippen LogP contribution >= 0.6 is 0 Å². The minimum atomic E-state index is -3.48. The number of ether oxygens (including phenoxy) is 2. The fourth-order valence-corrected chi connectivity index (χ4v) is 5.14. The van der Waals surface area contributed by atoms with Crippen LogP contribution in [0.25, 0.3) is 22.3 Å². The zero-order chi connectivity index (χ0) is 25.3. The maximum Gasteiger partial charge on any atom is 0.328 e. The van der Waals surface area contributed by atoms with Crippen molar-refractivity contribution in [3.63, 3.8) is 0 Å². The van der Waals surface area contributed by atoms with Gasteiger partial charge < -0.3 is 14.5 Å². The third kappa shape index (κ3) is 4.90. The van der Waals surface area contributed by atoms with Gasteiger partial charge >= 0.3 is 5.69 Å². The fraction of sp³-hybridized carbons (Fsp3) is 0.333. The van der Waals surface area contributed by atoms with Gasteiger partial charge in [-0.15, -0.1) is 0 Å². The number of aromatic amines is 1. The molecule has 0 aliphatic rings. The smallest absolute Gasteiger partial charge is 0.328 e. The molecule has 0 bridgehead atoms. The van der Waals surface area contributed by atoms with Gasteiger partial charge in [0.15, 0.2) is 17.1 Å². The minimum Gasteiger partial charge on any atom is -0.493 e. The molecule has 4 aromatic rings. The van der Waals surface area contributed by atoms with E-state index in [9.17, 15) is 13.2 Å². The normalized spacial score (nSPS) is 12.6. The van der Waals surface area contributed by atoms with Gasteiger partial charge in [-0.2, -0.15) is 0 Å². The molecule has 184 valence electrons. The summed E-state index contributed by atoms with van der Waals surface area (Å²) >= 11 is 0. The summed E-state index contributed by atoms with van der Waals surface area (Å²) in [5.74, 6) is 0.675. The van der Waals surface area contributed by atoms with Crippen LogP contribution in [0.15, 0.2) is 41.6 Å². The molecule has 0 saturated heterocycles. The van der Waals surface area contributed by atoms with Crippen molar-refractivity contribution in [2.75, 3.05) is 25.7 Å². The van der Waals surface area contributed by atoms with E-state index < -0.39 is 21.6 Å². The molecule has 1 unspecified atom stereocenters. The van der Waals surface area contributed by atoms with Crippen molar-refractivity contribution in [1.82, 2.24) is 24.5 Å². The predicted molar refractivity (Wildman–Crippen MR) is 133 cm³/mol. The van der Waals surface area contributed by atoms with Crippen LogP contribution in [0.1, 0.15) is 29.9 Å². The molecule has 1 atom stereocenters. The van der Waals surface area contributed by atoms with Crippen LogP contribution in [0.4, 0.5) is 0 Å². The van der Waals surface area contributed by atoms with Gasteiger partial charge in [0.25, 0.3) is 0 Å². The number of methoxy groups -OCH3 is 1. The van der Waals surface area contributed by atoms with Crippen molar-refractivity contribution in [1.29, 1.82) is 0 Å². The molecule has 0 aliphatic carbocycles. The average Bonchev–Trinajstić information content (AvgIpc) is 3.12. The first-order valence-corrected chi connectivity index (χ1v) is 13.1. The van der Waals surface area contributed by atoms with Crippen LogP contribution in [-0.4, -0.2) is 58.6 Å². The number of fused-ring (bicyclic) bond motifs is 1. The quantitative estimate of drug-likeness (QED) is 0.393. The van der Waals surface area contributed by atoms with Crippen LogP contribution in [0.5, 0.6) is 11.5 Å². The average molecular weight is 498 g/mol. The summed E-state index contributed by atoms with van der Waals surface area (Å²) in [6.45, 7) is 6.00. The van der Waals surface area contributed by atoms with Gasteiger partial charge in [-0.1, -0.05) is 6.07 Å². The Hall–Kier alpha value is -3.73. The van der Waals surface area contributed by atoms with Gasteiger partial charge in [0.05, 0.1) is 31.0 Å². The van der Waals surface area contributed by atoms with Crippen molar-refractivity contribution in [2.45, 2.75) is 26.8 Å². The summed E-state index contributed by atoms with van der Waals surface area (Å²) < 4.78 is 37.2. The van der Waals surface area contributed by atoms with Crippen LogP contribution in [0, 0.1) is 13.8 Å². The number of imidazole rings is 1. The van der Waals surface area contributed by atoms with Gasteiger partial charge in [0.1, 0.15) is 16.2 Å². The van der Waals surface area contributed by atoms with Crippen molar-refractivity contribution in [3.8, 4) is 22.6 Å². The number of hydrogen-bond acceptors (Lipinski definition) is 8. The molecule has 0 fully saturated rings. The molecular weight excluding hydrogens is 470 g/mol. The number of nitrogens with one attached hydrogen (secondary N) is 1. The maximum atomic E-state index is 13.1. The summed E-state index contributed by atoms with van der Waals surface area (Å²) in [7, 11) is -1.95. The highest BCUT2D eigenvalue weighted by atomic mass is 32.2. The zero-order valence-electron chi connectivity index (χ0n) is 20.2. The lowest BCUT2D eigenvalue weighted by atomic mass is 10.0. The molecule has 1 N–H and O–H groups in total. The molecule has 0 spiro atoms. The molecule has 0 saturated carbocycles. The highest BCUT2D eigenvalue weighted by Gasteiger charge is 2.26. The number of hydrogen-bond donors (Lipinski definition) is 1. The summed E-state index contributed by atoms with van der Waals surface area (Å²) in [6, 6.07) is 6.09. The SMILES string of the molecule is CCOc1cc(C(CS(C)(=O)=O)n2c(=O)[nH]c3cc(-c4c(C)ncnc4C)cnc32)ccc1OC. The van der Waals surface area contributed by atoms with Crippen molar-refractivity contribution < 1.29 is 17.9 Å². The summed E-state index contributed by atoms with van der Waals surface area (Å²) in [4.78, 5) is 29.0. The Kier molecular flexibility index (Phi) is 6.62. The number of benzene rings is 1. The summed E-state index contributed by atoms with van der Waals surface area (Å²) in [6.07, 6.45) is 4.28. The van der Waals surface area contributed by atoms with Gasteiger partial charge in [-0.3, -0.25) is 4.57 Å². The predicted octanol–water partition coefficient (Wildman–Crippen LogP) is 2.84. The monoisotopic (exact) mass is 497 g/mol. The first-order valence-electron chi connectivity index (χ1n) is 11.0. The van der Waals surface area contributed by atoms with E-state index >= 15 is 0 Å². The van der Waals surface area contributed by atoms with E-state index in [2.05, 4.69) is 19.9 Å². The first kappa shape index (κ1) is 24.4. The standard InChI is InChI=1S/C24H27N5O5S/c1-6-34-21-10-16(7-8-20(21)33-4)19(12-35(5,31)32)29-23-18(28-24(29)30)9-17(11-25-23)22-14(2)26-13-27-15(22)3/h7-11,13,19H,6,12H2,1-5H3,(H,28,30). The number of pyridine rings is 1. The number of aryl methyl sites for hydroxylation is 2. The molecule has 1 aromatic carbocycles. The number of sulfone groups is 1. The highest BCUT2D eigenvalue weighted by molar-refractivity contribution is 7.90. The number of H-pyrrole nitrogens is 1. The Morgan fingerprint density at radius 2 is 1.80 bits per heavy atom.